The van der Waals surface area contributed by atoms with E-state index >= 15 is 0 Å². The number of phenolic OH excluding ortho intramolecular Hbond substituents is 1. The Bertz CT molecular complexity index is 458. The smallest absolute Gasteiger partial charge is 0.255 e. The van der Waals surface area contributed by atoms with Crippen LogP contribution >= 0.6 is 0 Å². The van der Waals surface area contributed by atoms with Crippen LogP contribution < -0.4 is 5.73 Å². The van der Waals surface area contributed by atoms with Gasteiger partial charge in [0.1, 0.15) is 5.75 Å². The molecule has 5 nitrogen and oxygen atoms in total. The van der Waals surface area contributed by atoms with Gasteiger partial charge in [0.2, 0.25) is 0 Å². The van der Waals surface area contributed by atoms with Gasteiger partial charge in [0.25, 0.3) is 5.91 Å². The average Bonchev–Trinajstić information content (AvgIpc) is 3.20. The molecule has 0 atom stereocenters. The average molecular weight is 264 g/mol. The second-order valence-electron chi connectivity index (χ2n) is 5.02. The van der Waals surface area contributed by atoms with Gasteiger partial charge in [-0.1, -0.05) is 0 Å². The molecule has 1 fully saturated rings. The van der Waals surface area contributed by atoms with E-state index in [0.717, 1.165) is 12.5 Å². The highest BCUT2D eigenvalue weighted by Gasteiger charge is 2.21. The molecule has 0 aromatic heterocycles. The van der Waals surface area contributed by atoms with Gasteiger partial charge in [0.15, 0.2) is 0 Å². The SMILES string of the molecule is CN(CCOCC1CC1)C(=O)c1cc(O)ccc1N. The number of carbonyl (C=O) groups is 1. The lowest BCUT2D eigenvalue weighted by Gasteiger charge is -2.18. The lowest BCUT2D eigenvalue weighted by molar-refractivity contribution is 0.0681. The number of carbonyl (C=O) groups excluding carboxylic acids is 1. The lowest BCUT2D eigenvalue weighted by Crippen LogP contribution is -2.30. The number of rotatable bonds is 6. The van der Waals surface area contributed by atoms with Gasteiger partial charge >= 0.3 is 0 Å². The quantitative estimate of drug-likeness (QED) is 0.463. The molecule has 0 unspecified atom stereocenters. The molecular formula is C14H20N2O3. The molecule has 1 saturated carbocycles. The molecule has 0 saturated heterocycles. The summed E-state index contributed by atoms with van der Waals surface area (Å²) in [4.78, 5) is 13.7. The van der Waals surface area contributed by atoms with E-state index in [4.69, 9.17) is 10.5 Å². The van der Waals surface area contributed by atoms with Crippen molar-refractivity contribution in [3.63, 3.8) is 0 Å². The molecule has 0 spiro atoms. The third-order valence-corrected chi connectivity index (χ3v) is 3.24. The number of nitrogen functional groups attached to an aromatic ring is 1. The van der Waals surface area contributed by atoms with E-state index in [9.17, 15) is 9.90 Å². The van der Waals surface area contributed by atoms with E-state index in [1.165, 1.54) is 31.0 Å². The molecule has 19 heavy (non-hydrogen) atoms. The highest BCUT2D eigenvalue weighted by molar-refractivity contribution is 5.99. The molecule has 0 radical (unpaired) electrons. The summed E-state index contributed by atoms with van der Waals surface area (Å²) in [5.74, 6) is 0.557. The summed E-state index contributed by atoms with van der Waals surface area (Å²) in [6, 6.07) is 4.38. The summed E-state index contributed by atoms with van der Waals surface area (Å²) in [5, 5.41) is 9.40. The van der Waals surface area contributed by atoms with Crippen LogP contribution in [-0.2, 0) is 4.74 Å². The molecule has 5 heteroatoms. The molecule has 0 bridgehead atoms. The molecule has 2 rings (SSSR count). The number of amides is 1. The summed E-state index contributed by atoms with van der Waals surface area (Å²) in [5.41, 5.74) is 6.43. The number of hydrogen-bond donors (Lipinski definition) is 2. The second kappa shape index (κ2) is 5.93. The Morgan fingerprint density at radius 1 is 1.53 bits per heavy atom. The Morgan fingerprint density at radius 3 is 2.95 bits per heavy atom. The van der Waals surface area contributed by atoms with Crippen molar-refractivity contribution in [2.45, 2.75) is 12.8 Å². The first-order chi connectivity index (χ1) is 9.08. The van der Waals surface area contributed by atoms with Crippen LogP contribution in [0.5, 0.6) is 5.75 Å². The largest absolute Gasteiger partial charge is 0.508 e. The van der Waals surface area contributed by atoms with Crippen molar-refractivity contribution in [3.05, 3.63) is 23.8 Å². The van der Waals surface area contributed by atoms with Gasteiger partial charge in [-0.3, -0.25) is 4.79 Å². The number of nitrogens with two attached hydrogens (primary N) is 1. The summed E-state index contributed by atoms with van der Waals surface area (Å²) < 4.78 is 5.49. The first-order valence-electron chi connectivity index (χ1n) is 6.49. The van der Waals surface area contributed by atoms with Crippen molar-refractivity contribution < 1.29 is 14.6 Å². The van der Waals surface area contributed by atoms with Crippen molar-refractivity contribution in [2.24, 2.45) is 5.92 Å². The number of nitrogens with zero attached hydrogens (tertiary/aromatic N) is 1. The highest BCUT2D eigenvalue weighted by atomic mass is 16.5. The molecule has 0 aliphatic heterocycles. The number of likely N-dealkylation sites (N-methyl/N-ethyl adjacent to an activating group) is 1. The zero-order chi connectivity index (χ0) is 13.8. The number of ether oxygens (including phenoxy) is 1. The monoisotopic (exact) mass is 264 g/mol. The third-order valence-electron chi connectivity index (χ3n) is 3.24. The van der Waals surface area contributed by atoms with Crippen molar-refractivity contribution in [2.75, 3.05) is 32.5 Å². The molecule has 1 aromatic carbocycles. The second-order valence-corrected chi connectivity index (χ2v) is 5.02. The maximum absolute atomic E-state index is 12.1. The van der Waals surface area contributed by atoms with Crippen molar-refractivity contribution in [1.29, 1.82) is 0 Å². The van der Waals surface area contributed by atoms with E-state index in [-0.39, 0.29) is 11.7 Å². The summed E-state index contributed by atoms with van der Waals surface area (Å²) in [6.45, 7) is 1.83. The van der Waals surface area contributed by atoms with E-state index in [0.29, 0.717) is 24.4 Å². The van der Waals surface area contributed by atoms with Crippen LogP contribution in [0.2, 0.25) is 0 Å². The van der Waals surface area contributed by atoms with Crippen LogP contribution in [0.25, 0.3) is 0 Å². The Balaban J connectivity index is 1.84. The number of phenols is 1. The molecule has 1 aliphatic rings. The Labute approximate surface area is 113 Å². The van der Waals surface area contributed by atoms with Gasteiger partial charge < -0.3 is 20.5 Å². The normalized spacial score (nSPS) is 14.4. The summed E-state index contributed by atoms with van der Waals surface area (Å²) in [6.07, 6.45) is 2.52. The minimum Gasteiger partial charge on any atom is -0.508 e. The summed E-state index contributed by atoms with van der Waals surface area (Å²) >= 11 is 0. The zero-order valence-electron chi connectivity index (χ0n) is 11.1. The topological polar surface area (TPSA) is 75.8 Å². The molecule has 1 aliphatic carbocycles. The van der Waals surface area contributed by atoms with Crippen LogP contribution in [0.15, 0.2) is 18.2 Å². The Hall–Kier alpha value is -1.75. The van der Waals surface area contributed by atoms with Gasteiger partial charge in [-0.25, -0.2) is 0 Å². The maximum Gasteiger partial charge on any atom is 0.255 e. The molecule has 104 valence electrons. The number of benzene rings is 1. The van der Waals surface area contributed by atoms with E-state index in [1.807, 2.05) is 0 Å². The molecule has 0 heterocycles. The van der Waals surface area contributed by atoms with Crippen LogP contribution in [0.4, 0.5) is 5.69 Å². The lowest BCUT2D eigenvalue weighted by atomic mass is 10.1. The van der Waals surface area contributed by atoms with Crippen LogP contribution in [-0.4, -0.2) is 42.7 Å². The standard InChI is InChI=1S/C14H20N2O3/c1-16(6-7-19-9-10-2-3-10)14(18)12-8-11(17)4-5-13(12)15/h4-5,8,10,17H,2-3,6-7,9,15H2,1H3. The van der Waals surface area contributed by atoms with Crippen LogP contribution in [0, 0.1) is 5.92 Å². The zero-order valence-corrected chi connectivity index (χ0v) is 11.1. The van der Waals surface area contributed by atoms with E-state index < -0.39 is 0 Å². The molecule has 1 aromatic rings. The van der Waals surface area contributed by atoms with Gasteiger partial charge in [0.05, 0.1) is 12.2 Å². The number of aromatic hydroxyl groups is 1. The molecule has 1 amide bonds. The van der Waals surface area contributed by atoms with Gasteiger partial charge in [-0.05, 0) is 37.0 Å². The Kier molecular flexibility index (Phi) is 4.27. The van der Waals surface area contributed by atoms with Crippen LogP contribution in [0.3, 0.4) is 0 Å². The fraction of sp³-hybridized carbons (Fsp3) is 0.500. The van der Waals surface area contributed by atoms with E-state index in [1.54, 1.807) is 11.9 Å². The first kappa shape index (κ1) is 13.7. The first-order valence-corrected chi connectivity index (χ1v) is 6.49. The van der Waals surface area contributed by atoms with E-state index in [2.05, 4.69) is 0 Å². The Morgan fingerprint density at radius 2 is 2.26 bits per heavy atom. The van der Waals surface area contributed by atoms with Crippen molar-refractivity contribution in [1.82, 2.24) is 4.90 Å². The minimum atomic E-state index is -0.205. The van der Waals surface area contributed by atoms with Crippen molar-refractivity contribution in [3.8, 4) is 5.75 Å². The van der Waals surface area contributed by atoms with Gasteiger partial charge in [-0.2, -0.15) is 0 Å². The van der Waals surface area contributed by atoms with Gasteiger partial charge in [-0.15, -0.1) is 0 Å². The predicted molar refractivity (Wildman–Crippen MR) is 73.0 cm³/mol. The van der Waals surface area contributed by atoms with Crippen LogP contribution in [0.1, 0.15) is 23.2 Å². The maximum atomic E-state index is 12.1. The van der Waals surface area contributed by atoms with Gasteiger partial charge in [0, 0.05) is 25.9 Å². The predicted octanol–water partition coefficient (Wildman–Crippen LogP) is 1.47. The minimum absolute atomic E-state index is 0.0379. The third kappa shape index (κ3) is 3.86. The molecular weight excluding hydrogens is 244 g/mol. The molecule has 3 N–H and O–H groups in total. The van der Waals surface area contributed by atoms with Crippen molar-refractivity contribution >= 4 is 11.6 Å². The fourth-order valence-electron chi connectivity index (χ4n) is 1.77. The number of hydrogen-bond acceptors (Lipinski definition) is 4. The number of anilines is 1. The summed E-state index contributed by atoms with van der Waals surface area (Å²) in [7, 11) is 1.70. The fourth-order valence-corrected chi connectivity index (χ4v) is 1.77. The highest BCUT2D eigenvalue weighted by Crippen LogP contribution is 2.28.